The van der Waals surface area contributed by atoms with Crippen molar-refractivity contribution in [3.63, 3.8) is 0 Å². The molecule has 2 heterocycles. The molecule has 0 saturated carbocycles. The number of pyridine rings is 1. The number of esters is 1. The molecule has 1 aromatic carbocycles. The number of hydrogen-bond acceptors (Lipinski definition) is 7. The molecule has 0 fully saturated rings. The molecule has 26 heavy (non-hydrogen) atoms. The summed E-state index contributed by atoms with van der Waals surface area (Å²) in [5, 5.41) is 0.898. The predicted octanol–water partition coefficient (Wildman–Crippen LogP) is 1.96. The van der Waals surface area contributed by atoms with Gasteiger partial charge in [0, 0.05) is 24.9 Å². The van der Waals surface area contributed by atoms with Crippen LogP contribution >= 0.6 is 0 Å². The van der Waals surface area contributed by atoms with Crippen LogP contribution in [0.1, 0.15) is 35.9 Å². The molecule has 8 heteroatoms. The van der Waals surface area contributed by atoms with Gasteiger partial charge in [-0.2, -0.15) is 0 Å². The molecule has 0 amide bonds. The van der Waals surface area contributed by atoms with Crippen molar-refractivity contribution in [2.75, 3.05) is 19.1 Å². The van der Waals surface area contributed by atoms with Crippen molar-refractivity contribution in [3.05, 3.63) is 29.6 Å². The van der Waals surface area contributed by atoms with Crippen LogP contribution in [-0.4, -0.2) is 34.2 Å². The molecule has 0 saturated heterocycles. The van der Waals surface area contributed by atoms with Gasteiger partial charge >= 0.3 is 5.97 Å². The fourth-order valence-corrected chi connectivity index (χ4v) is 3.18. The summed E-state index contributed by atoms with van der Waals surface area (Å²) >= 11 is 0. The molecule has 0 bridgehead atoms. The largest absolute Gasteiger partial charge is 0.465 e. The highest BCUT2D eigenvalue weighted by atomic mass is 16.5. The Hall–Kier alpha value is -2.71. The Bertz CT molecular complexity index is 950. The van der Waals surface area contributed by atoms with E-state index in [1.54, 1.807) is 12.1 Å². The van der Waals surface area contributed by atoms with Gasteiger partial charge in [-0.15, -0.1) is 0 Å². The summed E-state index contributed by atoms with van der Waals surface area (Å²) in [5.41, 5.74) is 11.2. The highest BCUT2D eigenvalue weighted by Gasteiger charge is 2.18. The maximum Gasteiger partial charge on any atom is 0.337 e. The third-order valence-electron chi connectivity index (χ3n) is 4.42. The molecular weight excluding hydrogens is 332 g/mol. The number of aryl methyl sites for hydroxylation is 1. The monoisotopic (exact) mass is 356 g/mol. The number of hydrazine groups is 1. The van der Waals surface area contributed by atoms with Crippen molar-refractivity contribution >= 4 is 33.7 Å². The maximum atomic E-state index is 11.8. The van der Waals surface area contributed by atoms with Crippen molar-refractivity contribution in [3.8, 4) is 0 Å². The third kappa shape index (κ3) is 3.09. The van der Waals surface area contributed by atoms with Gasteiger partial charge in [-0.25, -0.2) is 20.6 Å². The molecule has 0 atom stereocenters. The van der Waals surface area contributed by atoms with E-state index < -0.39 is 5.97 Å². The van der Waals surface area contributed by atoms with Crippen LogP contribution in [0.2, 0.25) is 0 Å². The van der Waals surface area contributed by atoms with E-state index in [1.165, 1.54) is 7.11 Å². The van der Waals surface area contributed by atoms with Gasteiger partial charge in [-0.3, -0.25) is 0 Å². The first-order chi connectivity index (χ1) is 12.6. The Kier molecular flexibility index (Phi) is 5.34. The highest BCUT2D eigenvalue weighted by Crippen LogP contribution is 2.31. The summed E-state index contributed by atoms with van der Waals surface area (Å²) in [5.74, 6) is 6.72. The standard InChI is InChI=1S/C18H24N6O2/c1-3-4-5-14-22-15-16(24(14)9-8-19)12-7-6-11(18(25)26-2)10-13(12)21-17(15)23-20/h6-7,10H,3-5,8-9,19-20H2,1-2H3,(H,21,23). The highest BCUT2D eigenvalue weighted by molar-refractivity contribution is 6.08. The zero-order chi connectivity index (χ0) is 18.7. The number of ether oxygens (including phenoxy) is 1. The van der Waals surface area contributed by atoms with Crippen molar-refractivity contribution in [1.29, 1.82) is 0 Å². The zero-order valence-corrected chi connectivity index (χ0v) is 15.1. The summed E-state index contributed by atoms with van der Waals surface area (Å²) in [6.07, 6.45) is 2.98. The van der Waals surface area contributed by atoms with Gasteiger partial charge in [0.1, 0.15) is 11.3 Å². The number of anilines is 1. The third-order valence-corrected chi connectivity index (χ3v) is 4.42. The van der Waals surface area contributed by atoms with Crippen molar-refractivity contribution in [2.24, 2.45) is 11.6 Å². The second-order valence-electron chi connectivity index (χ2n) is 6.10. The molecule has 3 aromatic rings. The summed E-state index contributed by atoms with van der Waals surface area (Å²) < 4.78 is 6.93. The number of hydrogen-bond donors (Lipinski definition) is 3. The number of imidazole rings is 1. The fourth-order valence-electron chi connectivity index (χ4n) is 3.18. The summed E-state index contributed by atoms with van der Waals surface area (Å²) in [6, 6.07) is 5.30. The van der Waals surface area contributed by atoms with Crippen LogP contribution in [-0.2, 0) is 17.7 Å². The van der Waals surface area contributed by atoms with E-state index in [1.807, 2.05) is 6.07 Å². The lowest BCUT2D eigenvalue weighted by molar-refractivity contribution is 0.0601. The number of fused-ring (bicyclic) bond motifs is 3. The van der Waals surface area contributed by atoms with Gasteiger partial charge in [0.2, 0.25) is 0 Å². The number of rotatable bonds is 7. The number of unbranched alkanes of at least 4 members (excludes halogenated alkanes) is 1. The Morgan fingerprint density at radius 3 is 2.81 bits per heavy atom. The minimum atomic E-state index is -0.407. The van der Waals surface area contributed by atoms with Crippen LogP contribution in [0.15, 0.2) is 18.2 Å². The first kappa shape index (κ1) is 18.1. The predicted molar refractivity (Wildman–Crippen MR) is 102 cm³/mol. The molecule has 8 nitrogen and oxygen atoms in total. The number of nitrogens with two attached hydrogens (primary N) is 2. The molecule has 0 aliphatic rings. The molecule has 0 spiro atoms. The molecule has 0 aliphatic heterocycles. The fraction of sp³-hybridized carbons (Fsp3) is 0.389. The zero-order valence-electron chi connectivity index (χ0n) is 15.1. The normalized spacial score (nSPS) is 11.2. The van der Waals surface area contributed by atoms with Gasteiger partial charge in [0.05, 0.1) is 23.7 Å². The number of carbonyl (C=O) groups is 1. The Morgan fingerprint density at radius 1 is 1.35 bits per heavy atom. The van der Waals surface area contributed by atoms with Crippen LogP contribution in [0.3, 0.4) is 0 Å². The van der Waals surface area contributed by atoms with E-state index in [4.69, 9.17) is 21.3 Å². The molecule has 0 unspecified atom stereocenters. The van der Waals surface area contributed by atoms with Gasteiger partial charge in [-0.05, 0) is 24.6 Å². The van der Waals surface area contributed by atoms with Crippen LogP contribution in [0, 0.1) is 0 Å². The number of aromatic nitrogens is 3. The molecule has 0 aliphatic carbocycles. The van der Waals surface area contributed by atoms with Gasteiger partial charge in [0.25, 0.3) is 0 Å². The van der Waals surface area contributed by atoms with Crippen LogP contribution in [0.5, 0.6) is 0 Å². The van der Waals surface area contributed by atoms with Crippen molar-refractivity contribution in [1.82, 2.24) is 14.5 Å². The van der Waals surface area contributed by atoms with Gasteiger partial charge < -0.3 is 20.5 Å². The number of nitrogens with zero attached hydrogens (tertiary/aromatic N) is 3. The molecule has 0 radical (unpaired) electrons. The lowest BCUT2D eigenvalue weighted by Gasteiger charge is -2.10. The minimum absolute atomic E-state index is 0.407. The van der Waals surface area contributed by atoms with Crippen LogP contribution < -0.4 is 17.0 Å². The molecule has 2 aromatic heterocycles. The topological polar surface area (TPSA) is 121 Å². The van der Waals surface area contributed by atoms with Crippen LogP contribution in [0.25, 0.3) is 21.9 Å². The second kappa shape index (κ2) is 7.67. The van der Waals surface area contributed by atoms with E-state index in [0.717, 1.165) is 36.0 Å². The quantitative estimate of drug-likeness (QED) is 0.336. The lowest BCUT2D eigenvalue weighted by Crippen LogP contribution is -2.13. The number of benzene rings is 1. The first-order valence-corrected chi connectivity index (χ1v) is 8.72. The maximum absolute atomic E-state index is 11.8. The molecule has 5 N–H and O–H groups in total. The van der Waals surface area contributed by atoms with E-state index >= 15 is 0 Å². The Labute approximate surface area is 151 Å². The van der Waals surface area contributed by atoms with Crippen molar-refractivity contribution in [2.45, 2.75) is 32.7 Å². The van der Waals surface area contributed by atoms with Crippen LogP contribution in [0.4, 0.5) is 5.82 Å². The summed E-state index contributed by atoms with van der Waals surface area (Å²) in [6.45, 7) is 3.30. The van der Waals surface area contributed by atoms with Crippen molar-refractivity contribution < 1.29 is 9.53 Å². The number of nitrogen functional groups attached to an aromatic ring is 1. The first-order valence-electron chi connectivity index (χ1n) is 8.72. The van der Waals surface area contributed by atoms with Gasteiger partial charge in [-0.1, -0.05) is 13.3 Å². The molecular formula is C18H24N6O2. The Morgan fingerprint density at radius 2 is 2.15 bits per heavy atom. The number of nitrogens with one attached hydrogen (secondary N) is 1. The average molecular weight is 356 g/mol. The van der Waals surface area contributed by atoms with E-state index in [0.29, 0.717) is 35.5 Å². The lowest BCUT2D eigenvalue weighted by atomic mass is 10.1. The van der Waals surface area contributed by atoms with Gasteiger partial charge in [0.15, 0.2) is 5.82 Å². The van der Waals surface area contributed by atoms with E-state index in [-0.39, 0.29) is 0 Å². The second-order valence-corrected chi connectivity index (χ2v) is 6.10. The minimum Gasteiger partial charge on any atom is -0.465 e. The smallest absolute Gasteiger partial charge is 0.337 e. The van der Waals surface area contributed by atoms with E-state index in [9.17, 15) is 4.79 Å². The SMILES string of the molecule is CCCCc1nc2c(NN)nc3cc(C(=O)OC)ccc3c2n1CCN. The average Bonchev–Trinajstić information content (AvgIpc) is 3.03. The summed E-state index contributed by atoms with van der Waals surface area (Å²) in [4.78, 5) is 21.2. The molecule has 138 valence electrons. The number of carbonyl (C=O) groups excluding carboxylic acids is 1. The van der Waals surface area contributed by atoms with E-state index in [2.05, 4.69) is 21.9 Å². The summed E-state index contributed by atoms with van der Waals surface area (Å²) in [7, 11) is 1.35. The Balaban J connectivity index is 2.31. The molecule has 3 rings (SSSR count). The number of methoxy groups -OCH3 is 1.